The molecule has 7 nitrogen and oxygen atoms in total. The molecule has 8 heteroatoms. The van der Waals surface area contributed by atoms with E-state index in [9.17, 15) is 20.0 Å². The average Bonchev–Trinajstić information content (AvgIpc) is 2.46. The summed E-state index contributed by atoms with van der Waals surface area (Å²) in [6.07, 6.45) is 0. The number of nitro benzene ring substituents is 1. The molecule has 0 bridgehead atoms. The van der Waals surface area contributed by atoms with Gasteiger partial charge >= 0.3 is 5.97 Å². The van der Waals surface area contributed by atoms with E-state index in [-0.39, 0.29) is 11.3 Å². The largest absolute Gasteiger partial charge is 0.480 e. The van der Waals surface area contributed by atoms with E-state index in [2.05, 4.69) is 0 Å². The zero-order chi connectivity index (χ0) is 14.7. The summed E-state index contributed by atoms with van der Waals surface area (Å²) >= 11 is 1.54. The van der Waals surface area contributed by atoms with Gasteiger partial charge in [-0.05, 0) is 6.07 Å². The van der Waals surface area contributed by atoms with Gasteiger partial charge in [0.25, 0.3) is 5.69 Å². The normalized spacial score (nSPS) is 18.4. The van der Waals surface area contributed by atoms with Crippen molar-refractivity contribution in [2.45, 2.75) is 6.04 Å². The smallest absolute Gasteiger partial charge is 0.327 e. The van der Waals surface area contributed by atoms with Crippen molar-refractivity contribution in [3.63, 3.8) is 0 Å². The first-order valence-electron chi connectivity index (χ1n) is 5.80. The van der Waals surface area contributed by atoms with Crippen LogP contribution in [-0.2, 0) is 4.79 Å². The number of nitrogens with zero attached hydrogens (tertiary/aromatic N) is 3. The summed E-state index contributed by atoms with van der Waals surface area (Å²) in [6, 6.07) is 5.09. The fraction of sp³-hybridized carbons (Fsp3) is 0.333. The topological polar surface area (TPSA) is 107 Å². The van der Waals surface area contributed by atoms with Crippen molar-refractivity contribution < 1.29 is 14.8 Å². The van der Waals surface area contributed by atoms with Crippen molar-refractivity contribution in [2.24, 2.45) is 0 Å². The van der Waals surface area contributed by atoms with E-state index >= 15 is 0 Å². The lowest BCUT2D eigenvalue weighted by molar-refractivity contribution is -0.384. The molecular weight excluding hydrogens is 282 g/mol. The van der Waals surface area contributed by atoms with Crippen LogP contribution in [0.5, 0.6) is 0 Å². The van der Waals surface area contributed by atoms with E-state index < -0.39 is 16.9 Å². The standard InChI is InChI=1S/C12H11N3O4S/c13-6-8-5-9(15(18)19)1-2-10(8)14-3-4-20-7-11(14)12(16)17/h1-2,5,11H,3-4,7H2,(H,16,17). The minimum atomic E-state index is -0.959. The summed E-state index contributed by atoms with van der Waals surface area (Å²) in [5.74, 6) is 0.225. The maximum atomic E-state index is 11.3. The van der Waals surface area contributed by atoms with E-state index in [0.29, 0.717) is 18.0 Å². The molecule has 0 amide bonds. The molecule has 1 aliphatic heterocycles. The van der Waals surface area contributed by atoms with Crippen molar-refractivity contribution >= 4 is 29.1 Å². The maximum Gasteiger partial charge on any atom is 0.327 e. The zero-order valence-electron chi connectivity index (χ0n) is 10.4. The van der Waals surface area contributed by atoms with E-state index in [0.717, 1.165) is 5.75 Å². The molecule has 1 heterocycles. The third kappa shape index (κ3) is 2.67. The molecule has 1 unspecified atom stereocenters. The Balaban J connectivity index is 2.43. The highest BCUT2D eigenvalue weighted by molar-refractivity contribution is 7.99. The Hall–Kier alpha value is -2.27. The quantitative estimate of drug-likeness (QED) is 0.664. The lowest BCUT2D eigenvalue weighted by atomic mass is 10.1. The molecule has 0 aliphatic carbocycles. The molecule has 1 N–H and O–H groups in total. The Bertz CT molecular complexity index is 599. The van der Waals surface area contributed by atoms with Gasteiger partial charge < -0.3 is 10.0 Å². The second-order valence-electron chi connectivity index (χ2n) is 4.19. The number of aliphatic carboxylic acids is 1. The van der Waals surface area contributed by atoms with Gasteiger partial charge in [0.2, 0.25) is 0 Å². The number of hydrogen-bond donors (Lipinski definition) is 1. The number of carbonyl (C=O) groups is 1. The van der Waals surface area contributed by atoms with Crippen LogP contribution in [0, 0.1) is 21.4 Å². The monoisotopic (exact) mass is 293 g/mol. The van der Waals surface area contributed by atoms with Crippen LogP contribution in [0.4, 0.5) is 11.4 Å². The van der Waals surface area contributed by atoms with Crippen LogP contribution in [0.2, 0.25) is 0 Å². The predicted octanol–water partition coefficient (Wildman–Crippen LogP) is 1.47. The van der Waals surface area contributed by atoms with Crippen LogP contribution < -0.4 is 4.90 Å². The molecule has 0 spiro atoms. The third-order valence-electron chi connectivity index (χ3n) is 3.03. The Morgan fingerprint density at radius 3 is 2.95 bits per heavy atom. The van der Waals surface area contributed by atoms with Gasteiger partial charge in [-0.25, -0.2) is 4.79 Å². The minimum absolute atomic E-state index is 0.123. The van der Waals surface area contributed by atoms with Gasteiger partial charge in [0.1, 0.15) is 12.1 Å². The van der Waals surface area contributed by atoms with E-state index in [4.69, 9.17) is 5.26 Å². The summed E-state index contributed by atoms with van der Waals surface area (Å²) in [6.45, 7) is 0.494. The highest BCUT2D eigenvalue weighted by atomic mass is 32.2. The van der Waals surface area contributed by atoms with Gasteiger partial charge in [0.05, 0.1) is 16.2 Å². The van der Waals surface area contributed by atoms with E-state index in [1.54, 1.807) is 4.90 Å². The molecule has 0 saturated carbocycles. The molecule has 1 aromatic carbocycles. The Labute approximate surface area is 118 Å². The lowest BCUT2D eigenvalue weighted by Gasteiger charge is -2.34. The third-order valence-corrected chi connectivity index (χ3v) is 4.06. The number of carboxylic acids is 1. The highest BCUT2D eigenvalue weighted by Gasteiger charge is 2.30. The van der Waals surface area contributed by atoms with Crippen LogP contribution in [0.3, 0.4) is 0 Å². The maximum absolute atomic E-state index is 11.3. The van der Waals surface area contributed by atoms with Gasteiger partial charge in [-0.1, -0.05) is 0 Å². The second kappa shape index (κ2) is 5.79. The summed E-state index contributed by atoms with van der Waals surface area (Å²) in [5, 5.41) is 29.1. The number of rotatable bonds is 3. The second-order valence-corrected chi connectivity index (χ2v) is 5.34. The Kier molecular flexibility index (Phi) is 4.10. The lowest BCUT2D eigenvalue weighted by Crippen LogP contribution is -2.47. The van der Waals surface area contributed by atoms with Crippen LogP contribution in [0.15, 0.2) is 18.2 Å². The molecule has 1 atom stereocenters. The Morgan fingerprint density at radius 2 is 2.35 bits per heavy atom. The molecule has 1 saturated heterocycles. The van der Waals surface area contributed by atoms with E-state index in [1.165, 1.54) is 30.0 Å². The number of non-ortho nitro benzene ring substituents is 1. The van der Waals surface area contributed by atoms with Crippen LogP contribution in [0.25, 0.3) is 0 Å². The van der Waals surface area contributed by atoms with Crippen LogP contribution in [0.1, 0.15) is 5.56 Å². The molecule has 20 heavy (non-hydrogen) atoms. The summed E-state index contributed by atoms with van der Waals surface area (Å²) < 4.78 is 0. The van der Waals surface area contributed by atoms with Crippen LogP contribution in [-0.4, -0.2) is 40.1 Å². The molecule has 1 aromatic rings. The summed E-state index contributed by atoms with van der Waals surface area (Å²) in [4.78, 5) is 23.0. The van der Waals surface area contributed by atoms with Crippen molar-refractivity contribution in [2.75, 3.05) is 23.0 Å². The average molecular weight is 293 g/mol. The van der Waals surface area contributed by atoms with Gasteiger partial charge in [-0.3, -0.25) is 10.1 Å². The minimum Gasteiger partial charge on any atom is -0.480 e. The van der Waals surface area contributed by atoms with Gasteiger partial charge in [0, 0.05) is 30.2 Å². The number of benzene rings is 1. The Morgan fingerprint density at radius 1 is 1.60 bits per heavy atom. The molecule has 1 fully saturated rings. The molecular formula is C12H11N3O4S. The first-order chi connectivity index (χ1) is 9.54. The number of nitriles is 1. The van der Waals surface area contributed by atoms with Crippen molar-refractivity contribution in [1.29, 1.82) is 5.26 Å². The predicted molar refractivity (Wildman–Crippen MR) is 73.9 cm³/mol. The van der Waals surface area contributed by atoms with Crippen molar-refractivity contribution in [3.05, 3.63) is 33.9 Å². The van der Waals surface area contributed by atoms with Gasteiger partial charge in [-0.2, -0.15) is 17.0 Å². The number of anilines is 1. The molecule has 104 valence electrons. The number of nitro groups is 1. The number of hydrogen-bond acceptors (Lipinski definition) is 6. The SMILES string of the molecule is N#Cc1cc([N+](=O)[O-])ccc1N1CCSCC1C(=O)O. The number of thioether (sulfide) groups is 1. The summed E-state index contributed by atoms with van der Waals surface area (Å²) in [5.41, 5.74) is 0.381. The van der Waals surface area contributed by atoms with E-state index in [1.807, 2.05) is 6.07 Å². The number of carboxylic acid groups (broad SMARTS) is 1. The summed E-state index contributed by atoms with van der Waals surface area (Å²) in [7, 11) is 0. The zero-order valence-corrected chi connectivity index (χ0v) is 11.2. The molecule has 0 aromatic heterocycles. The fourth-order valence-electron chi connectivity index (χ4n) is 2.07. The van der Waals surface area contributed by atoms with Crippen molar-refractivity contribution in [1.82, 2.24) is 0 Å². The van der Waals surface area contributed by atoms with Crippen molar-refractivity contribution in [3.8, 4) is 6.07 Å². The molecule has 0 radical (unpaired) electrons. The first kappa shape index (κ1) is 14.1. The first-order valence-corrected chi connectivity index (χ1v) is 6.96. The van der Waals surface area contributed by atoms with Crippen LogP contribution >= 0.6 is 11.8 Å². The molecule has 1 aliphatic rings. The molecule has 2 rings (SSSR count). The van der Waals surface area contributed by atoms with Gasteiger partial charge in [-0.15, -0.1) is 0 Å². The fourth-order valence-corrected chi connectivity index (χ4v) is 3.11. The van der Waals surface area contributed by atoms with Gasteiger partial charge in [0.15, 0.2) is 0 Å². The highest BCUT2D eigenvalue weighted by Crippen LogP contribution is 2.29.